The van der Waals surface area contributed by atoms with Gasteiger partial charge in [-0.05, 0) is 55.3 Å². The highest BCUT2D eigenvalue weighted by atomic mass is 35.5. The van der Waals surface area contributed by atoms with Crippen LogP contribution in [0, 0.1) is 11.7 Å². The summed E-state index contributed by atoms with van der Waals surface area (Å²) in [7, 11) is 0. The molecule has 1 aliphatic heterocycles. The van der Waals surface area contributed by atoms with E-state index in [1.807, 2.05) is 6.07 Å². The second-order valence-corrected chi connectivity index (χ2v) is 7.66. The number of rotatable bonds is 4. The molecule has 0 radical (unpaired) electrons. The maximum atomic E-state index is 13.3. The maximum absolute atomic E-state index is 13.3. The number of piperidine rings is 1. The van der Waals surface area contributed by atoms with Crippen LogP contribution in [0.15, 0.2) is 54.6 Å². The Bertz CT molecular complexity index is 1090. The van der Waals surface area contributed by atoms with Gasteiger partial charge in [0, 0.05) is 24.6 Å². The van der Waals surface area contributed by atoms with Crippen molar-refractivity contribution in [2.24, 2.45) is 11.7 Å². The lowest BCUT2D eigenvalue weighted by molar-refractivity contribution is -0.123. The molecule has 0 unspecified atom stereocenters. The van der Waals surface area contributed by atoms with Gasteiger partial charge in [-0.1, -0.05) is 23.7 Å². The van der Waals surface area contributed by atoms with E-state index in [4.69, 9.17) is 17.3 Å². The molecule has 2 aromatic carbocycles. The van der Waals surface area contributed by atoms with E-state index in [9.17, 15) is 14.0 Å². The fourth-order valence-corrected chi connectivity index (χ4v) is 3.85. The van der Waals surface area contributed by atoms with Gasteiger partial charge in [-0.3, -0.25) is 9.59 Å². The van der Waals surface area contributed by atoms with Gasteiger partial charge in [-0.15, -0.1) is 0 Å². The number of carbonyl (C=O) groups excluding carboxylic acids is 2. The van der Waals surface area contributed by atoms with Crippen molar-refractivity contribution in [2.45, 2.75) is 12.8 Å². The lowest BCUT2D eigenvalue weighted by Gasteiger charge is -2.30. The number of amides is 2. The van der Waals surface area contributed by atoms with Gasteiger partial charge in [-0.25, -0.2) is 9.07 Å². The first kappa shape index (κ1) is 20.1. The predicted octanol–water partition coefficient (Wildman–Crippen LogP) is 3.67. The van der Waals surface area contributed by atoms with Crippen LogP contribution in [0.25, 0.3) is 16.9 Å². The summed E-state index contributed by atoms with van der Waals surface area (Å²) in [5.74, 6) is -1.10. The molecule has 2 N–H and O–H groups in total. The molecule has 6 nitrogen and oxygen atoms in total. The summed E-state index contributed by atoms with van der Waals surface area (Å²) < 4.78 is 14.8. The summed E-state index contributed by atoms with van der Waals surface area (Å²) in [5, 5.41) is 5.04. The molecule has 154 valence electrons. The fourth-order valence-electron chi connectivity index (χ4n) is 3.63. The Morgan fingerprint density at radius 3 is 2.37 bits per heavy atom. The quantitative estimate of drug-likeness (QED) is 0.691. The largest absolute Gasteiger partial charge is 0.369 e. The minimum atomic E-state index is -0.349. The van der Waals surface area contributed by atoms with Crippen molar-refractivity contribution in [3.63, 3.8) is 0 Å². The number of primary amides is 1. The fraction of sp³-hybridized carbons (Fsp3) is 0.227. The molecule has 0 bridgehead atoms. The Morgan fingerprint density at radius 1 is 1.07 bits per heavy atom. The molecule has 3 aromatic rings. The van der Waals surface area contributed by atoms with Crippen molar-refractivity contribution >= 4 is 23.4 Å². The average molecular weight is 427 g/mol. The summed E-state index contributed by atoms with van der Waals surface area (Å²) in [4.78, 5) is 26.4. The molecule has 0 atom stereocenters. The summed E-state index contributed by atoms with van der Waals surface area (Å²) >= 11 is 6.36. The number of nitrogens with two attached hydrogens (primary N) is 1. The number of likely N-dealkylation sites (tertiary alicyclic amines) is 1. The molecule has 1 saturated heterocycles. The third-order valence-corrected chi connectivity index (χ3v) is 5.65. The third kappa shape index (κ3) is 3.93. The second-order valence-electron chi connectivity index (χ2n) is 7.25. The number of benzene rings is 2. The van der Waals surface area contributed by atoms with Gasteiger partial charge in [-0.2, -0.15) is 5.10 Å². The number of hydrogen-bond acceptors (Lipinski definition) is 3. The van der Waals surface area contributed by atoms with Crippen LogP contribution in [-0.2, 0) is 4.79 Å². The zero-order valence-electron chi connectivity index (χ0n) is 16.1. The minimum Gasteiger partial charge on any atom is -0.369 e. The molecule has 2 amide bonds. The number of halogens is 2. The second kappa shape index (κ2) is 8.28. The molecule has 4 rings (SSSR count). The maximum Gasteiger partial charge on any atom is 0.272 e. The van der Waals surface area contributed by atoms with Crippen LogP contribution >= 0.6 is 11.6 Å². The van der Waals surface area contributed by atoms with Crippen molar-refractivity contribution in [1.82, 2.24) is 14.7 Å². The molecule has 8 heteroatoms. The highest BCUT2D eigenvalue weighted by Gasteiger charge is 2.29. The Labute approximate surface area is 178 Å². The van der Waals surface area contributed by atoms with E-state index >= 15 is 0 Å². The van der Waals surface area contributed by atoms with Crippen LogP contribution in [0.5, 0.6) is 0 Å². The van der Waals surface area contributed by atoms with E-state index < -0.39 is 0 Å². The zero-order chi connectivity index (χ0) is 21.3. The number of hydrogen-bond donors (Lipinski definition) is 1. The SMILES string of the molecule is NC(=O)C1CCN(C(=O)c2cc(-c3ccc(F)cc3)nn2-c2ccccc2Cl)CC1. The van der Waals surface area contributed by atoms with Gasteiger partial charge in [0.15, 0.2) is 0 Å². The molecule has 0 aliphatic carbocycles. The van der Waals surface area contributed by atoms with Crippen molar-refractivity contribution in [3.8, 4) is 16.9 Å². The minimum absolute atomic E-state index is 0.210. The lowest BCUT2D eigenvalue weighted by atomic mass is 9.96. The topological polar surface area (TPSA) is 81.2 Å². The highest BCUT2D eigenvalue weighted by molar-refractivity contribution is 6.32. The normalized spacial score (nSPS) is 14.7. The summed E-state index contributed by atoms with van der Waals surface area (Å²) in [6.07, 6.45) is 1.07. The molecular formula is C22H20ClFN4O2. The van der Waals surface area contributed by atoms with Crippen LogP contribution < -0.4 is 5.73 Å². The molecule has 1 fully saturated rings. The van der Waals surface area contributed by atoms with Gasteiger partial charge < -0.3 is 10.6 Å². The number of carbonyl (C=O) groups is 2. The average Bonchev–Trinajstić information content (AvgIpc) is 3.19. The highest BCUT2D eigenvalue weighted by Crippen LogP contribution is 2.27. The summed E-state index contributed by atoms with van der Waals surface area (Å²) in [6, 6.07) is 14.7. The number of aromatic nitrogens is 2. The standard InChI is InChI=1S/C22H20ClFN4O2/c23-17-3-1-2-4-19(17)28-20(13-18(26-28)14-5-7-16(24)8-6-14)22(30)27-11-9-15(10-12-27)21(25)29/h1-8,13,15H,9-12H2,(H2,25,29). The van der Waals surface area contributed by atoms with E-state index in [0.717, 1.165) is 0 Å². The van der Waals surface area contributed by atoms with Crippen molar-refractivity contribution in [2.75, 3.05) is 13.1 Å². The van der Waals surface area contributed by atoms with Crippen LogP contribution in [-0.4, -0.2) is 39.6 Å². The van der Waals surface area contributed by atoms with E-state index in [1.54, 1.807) is 41.3 Å². The van der Waals surface area contributed by atoms with E-state index in [1.165, 1.54) is 16.8 Å². The van der Waals surface area contributed by atoms with Crippen LogP contribution in [0.3, 0.4) is 0 Å². The van der Waals surface area contributed by atoms with Gasteiger partial charge in [0.1, 0.15) is 11.5 Å². The Balaban J connectivity index is 1.72. The molecule has 1 aromatic heterocycles. The molecular weight excluding hydrogens is 407 g/mol. The van der Waals surface area contributed by atoms with E-state index in [-0.39, 0.29) is 23.5 Å². The van der Waals surface area contributed by atoms with Crippen LogP contribution in [0.2, 0.25) is 5.02 Å². The number of nitrogens with zero attached hydrogens (tertiary/aromatic N) is 3. The molecule has 0 spiro atoms. The first-order valence-electron chi connectivity index (χ1n) is 9.63. The first-order valence-corrected chi connectivity index (χ1v) is 10.0. The van der Waals surface area contributed by atoms with Crippen molar-refractivity contribution in [1.29, 1.82) is 0 Å². The first-order chi connectivity index (χ1) is 14.4. The number of para-hydroxylation sites is 1. The van der Waals surface area contributed by atoms with Crippen LogP contribution in [0.1, 0.15) is 23.3 Å². The Morgan fingerprint density at radius 2 is 1.73 bits per heavy atom. The molecule has 30 heavy (non-hydrogen) atoms. The zero-order valence-corrected chi connectivity index (χ0v) is 16.8. The molecule has 1 aliphatic rings. The predicted molar refractivity (Wildman–Crippen MR) is 112 cm³/mol. The third-order valence-electron chi connectivity index (χ3n) is 5.33. The Hall–Kier alpha value is -3.19. The van der Waals surface area contributed by atoms with Gasteiger partial charge >= 0.3 is 0 Å². The van der Waals surface area contributed by atoms with Gasteiger partial charge in [0.2, 0.25) is 5.91 Å². The van der Waals surface area contributed by atoms with Crippen molar-refractivity contribution < 1.29 is 14.0 Å². The van der Waals surface area contributed by atoms with Gasteiger partial charge in [0.05, 0.1) is 16.4 Å². The monoisotopic (exact) mass is 426 g/mol. The van der Waals surface area contributed by atoms with Crippen LogP contribution in [0.4, 0.5) is 4.39 Å². The molecule has 2 heterocycles. The smallest absolute Gasteiger partial charge is 0.272 e. The van der Waals surface area contributed by atoms with Crippen molar-refractivity contribution in [3.05, 3.63) is 71.1 Å². The van der Waals surface area contributed by atoms with E-state index in [0.29, 0.717) is 53.6 Å². The molecule has 0 saturated carbocycles. The Kier molecular flexibility index (Phi) is 5.55. The van der Waals surface area contributed by atoms with E-state index in [2.05, 4.69) is 5.10 Å². The summed E-state index contributed by atoms with van der Waals surface area (Å²) in [5.41, 5.74) is 7.53. The lowest BCUT2D eigenvalue weighted by Crippen LogP contribution is -2.42. The summed E-state index contributed by atoms with van der Waals surface area (Å²) in [6.45, 7) is 0.873. The van der Waals surface area contributed by atoms with Gasteiger partial charge in [0.25, 0.3) is 5.91 Å².